The number of allylic oxidation sites excluding steroid dienone is 8. The molecule has 166 valence electrons. The van der Waals surface area contributed by atoms with Crippen molar-refractivity contribution >= 4 is 5.78 Å². The molecular weight excluding hydrogens is 372 g/mol. The Morgan fingerprint density at radius 3 is 2.27 bits per heavy atom. The van der Waals surface area contributed by atoms with Gasteiger partial charge in [-0.3, -0.25) is 4.79 Å². The molecule has 0 fully saturated rings. The molecule has 0 saturated heterocycles. The number of ketones is 1. The van der Waals surface area contributed by atoms with Crippen LogP contribution in [0.5, 0.6) is 0 Å². The van der Waals surface area contributed by atoms with E-state index in [4.69, 9.17) is 0 Å². The van der Waals surface area contributed by atoms with E-state index in [0.717, 1.165) is 31.3 Å². The smallest absolute Gasteiger partial charge is 0.194 e. The van der Waals surface area contributed by atoms with Crippen LogP contribution in [0, 0.1) is 5.92 Å². The van der Waals surface area contributed by atoms with E-state index < -0.39 is 0 Å². The molecule has 1 aromatic rings. The zero-order chi connectivity index (χ0) is 22.9. The summed E-state index contributed by atoms with van der Waals surface area (Å²) in [5.41, 5.74) is 4.99. The van der Waals surface area contributed by atoms with Crippen molar-refractivity contribution in [2.24, 2.45) is 5.92 Å². The minimum atomic E-state index is -0.296. The van der Waals surface area contributed by atoms with Crippen LogP contribution in [0.15, 0.2) is 77.1 Å². The highest BCUT2D eigenvalue weighted by Gasteiger charge is 2.13. The quantitative estimate of drug-likeness (QED) is 0.398. The summed E-state index contributed by atoms with van der Waals surface area (Å²) >= 11 is 0. The number of methoxy groups -OCH3 is 1. The number of carbonyl (C=O) groups is 1. The average Bonchev–Trinajstić information content (AvgIpc) is 2.74. The summed E-state index contributed by atoms with van der Waals surface area (Å²) in [5, 5.41) is 9.76. The van der Waals surface area contributed by atoms with Crippen LogP contribution in [0.4, 0.5) is 0 Å². The molecule has 30 heavy (non-hydrogen) atoms. The SMILES string of the molecule is CC.CCC(Cc1ccccc1)C1=C/C=C(/C=C(\O)C(C)=O)CC\C(C)=C\1.COC. The Morgan fingerprint density at radius 2 is 1.73 bits per heavy atom. The number of benzene rings is 1. The van der Waals surface area contributed by atoms with Crippen LogP contribution in [0.25, 0.3) is 0 Å². The van der Waals surface area contributed by atoms with Crippen molar-refractivity contribution < 1.29 is 14.6 Å². The summed E-state index contributed by atoms with van der Waals surface area (Å²) in [5.74, 6) is -0.00648. The number of aliphatic hydroxyl groups excluding tert-OH is 1. The minimum absolute atomic E-state index is 0.167. The molecule has 0 amide bonds. The van der Waals surface area contributed by atoms with Crippen LogP contribution in [0.3, 0.4) is 0 Å². The molecule has 1 atom stereocenters. The second-order valence-electron chi connectivity index (χ2n) is 7.19. The van der Waals surface area contributed by atoms with Crippen molar-refractivity contribution in [3.8, 4) is 0 Å². The Balaban J connectivity index is 0.00000154. The Hall–Kier alpha value is -2.39. The number of hydrogen-bond donors (Lipinski definition) is 1. The van der Waals surface area contributed by atoms with Gasteiger partial charge in [-0.25, -0.2) is 0 Å². The molecule has 0 bridgehead atoms. The molecular formula is C27H40O3. The largest absolute Gasteiger partial charge is 0.504 e. The molecule has 1 aromatic carbocycles. The highest BCUT2D eigenvalue weighted by Crippen LogP contribution is 2.27. The highest BCUT2D eigenvalue weighted by atomic mass is 16.4. The number of carbonyl (C=O) groups excluding carboxylic acids is 1. The first kappa shape index (κ1) is 27.6. The fourth-order valence-electron chi connectivity index (χ4n) is 3.08. The number of Topliss-reactive ketones (excluding diaryl/α,β-unsaturated/α-hetero) is 1. The van der Waals surface area contributed by atoms with E-state index in [0.29, 0.717) is 5.92 Å². The van der Waals surface area contributed by atoms with Gasteiger partial charge in [0.15, 0.2) is 11.5 Å². The molecule has 1 aliphatic carbocycles. The maximum absolute atomic E-state index is 11.3. The van der Waals surface area contributed by atoms with E-state index in [1.165, 1.54) is 23.6 Å². The van der Waals surface area contributed by atoms with Gasteiger partial charge in [-0.05, 0) is 61.3 Å². The first-order valence-electron chi connectivity index (χ1n) is 10.8. The van der Waals surface area contributed by atoms with Crippen molar-refractivity contribution in [2.45, 2.75) is 60.3 Å². The van der Waals surface area contributed by atoms with Gasteiger partial charge in [0, 0.05) is 21.1 Å². The Morgan fingerprint density at radius 1 is 1.13 bits per heavy atom. The minimum Gasteiger partial charge on any atom is -0.504 e. The van der Waals surface area contributed by atoms with Crippen molar-refractivity contribution in [3.63, 3.8) is 0 Å². The molecule has 3 heteroatoms. The molecule has 2 rings (SSSR count). The zero-order valence-corrected chi connectivity index (χ0v) is 19.9. The lowest BCUT2D eigenvalue weighted by molar-refractivity contribution is -0.115. The average molecular weight is 413 g/mol. The lowest BCUT2D eigenvalue weighted by atomic mass is 9.86. The number of rotatable bonds is 6. The molecule has 1 aliphatic rings. The first-order chi connectivity index (χ1) is 14.4. The van der Waals surface area contributed by atoms with E-state index in [-0.39, 0.29) is 11.5 Å². The summed E-state index contributed by atoms with van der Waals surface area (Å²) < 4.78 is 4.25. The molecule has 0 heterocycles. The van der Waals surface area contributed by atoms with Gasteiger partial charge >= 0.3 is 0 Å². The summed E-state index contributed by atoms with van der Waals surface area (Å²) in [7, 11) is 3.25. The third-order valence-electron chi connectivity index (χ3n) is 4.68. The van der Waals surface area contributed by atoms with Gasteiger partial charge in [0.2, 0.25) is 0 Å². The van der Waals surface area contributed by atoms with Gasteiger partial charge in [-0.2, -0.15) is 0 Å². The highest BCUT2D eigenvalue weighted by molar-refractivity contribution is 5.91. The van der Waals surface area contributed by atoms with Gasteiger partial charge in [0.05, 0.1) is 0 Å². The lowest BCUT2D eigenvalue weighted by Gasteiger charge is -2.19. The van der Waals surface area contributed by atoms with E-state index in [1.54, 1.807) is 20.3 Å². The van der Waals surface area contributed by atoms with Crippen LogP contribution in [-0.2, 0) is 16.0 Å². The fourth-order valence-corrected chi connectivity index (χ4v) is 3.08. The van der Waals surface area contributed by atoms with Crippen molar-refractivity contribution in [3.05, 3.63) is 82.7 Å². The van der Waals surface area contributed by atoms with E-state index >= 15 is 0 Å². The van der Waals surface area contributed by atoms with Crippen LogP contribution in [0.1, 0.15) is 59.4 Å². The number of aliphatic hydroxyl groups is 1. The maximum Gasteiger partial charge on any atom is 0.194 e. The maximum atomic E-state index is 11.3. The summed E-state index contributed by atoms with van der Waals surface area (Å²) in [6.07, 6.45) is 12.0. The lowest BCUT2D eigenvalue weighted by Crippen LogP contribution is -2.07. The van der Waals surface area contributed by atoms with Crippen molar-refractivity contribution in [1.82, 2.24) is 0 Å². The topological polar surface area (TPSA) is 46.5 Å². The van der Waals surface area contributed by atoms with E-state index in [9.17, 15) is 9.90 Å². The first-order valence-corrected chi connectivity index (χ1v) is 10.8. The molecule has 1 unspecified atom stereocenters. The van der Waals surface area contributed by atoms with Gasteiger partial charge in [-0.15, -0.1) is 0 Å². The molecule has 0 radical (unpaired) electrons. The zero-order valence-electron chi connectivity index (χ0n) is 19.9. The van der Waals surface area contributed by atoms with Gasteiger partial charge < -0.3 is 9.84 Å². The third-order valence-corrected chi connectivity index (χ3v) is 4.68. The predicted molar refractivity (Wildman–Crippen MR) is 129 cm³/mol. The Bertz CT molecular complexity index is 737. The number of hydrogen-bond acceptors (Lipinski definition) is 3. The van der Waals surface area contributed by atoms with E-state index in [1.807, 2.05) is 26.0 Å². The van der Waals surface area contributed by atoms with E-state index in [2.05, 4.69) is 55.0 Å². The summed E-state index contributed by atoms with van der Waals surface area (Å²) in [6, 6.07) is 10.6. The summed E-state index contributed by atoms with van der Waals surface area (Å²) in [4.78, 5) is 11.3. The number of ether oxygens (including phenoxy) is 1. The second-order valence-corrected chi connectivity index (χ2v) is 7.19. The molecule has 0 saturated carbocycles. The fraction of sp³-hybridized carbons (Fsp3) is 0.444. The predicted octanol–water partition coefficient (Wildman–Crippen LogP) is 7.17. The van der Waals surface area contributed by atoms with Crippen molar-refractivity contribution in [2.75, 3.05) is 14.2 Å². The molecule has 0 spiro atoms. The van der Waals surface area contributed by atoms with Gasteiger partial charge in [0.25, 0.3) is 0 Å². The second kappa shape index (κ2) is 16.4. The molecule has 1 N–H and O–H groups in total. The van der Waals surface area contributed by atoms with Crippen LogP contribution >= 0.6 is 0 Å². The van der Waals surface area contributed by atoms with Crippen LogP contribution in [-0.4, -0.2) is 25.1 Å². The molecule has 0 aromatic heterocycles. The summed E-state index contributed by atoms with van der Waals surface area (Å²) in [6.45, 7) is 9.76. The molecule has 3 nitrogen and oxygen atoms in total. The normalized spacial score (nSPS) is 20.1. The molecule has 0 aliphatic heterocycles. The van der Waals surface area contributed by atoms with Gasteiger partial charge in [0.1, 0.15) is 0 Å². The van der Waals surface area contributed by atoms with Crippen LogP contribution in [0.2, 0.25) is 0 Å². The standard InChI is InChI=1S/C23H28O2.C2H6O.C2H6/c1-4-21(15-19-8-6-5-7-9-19)22-13-12-20(11-10-17(2)14-22)16-23(25)18(3)24;1-3-2;1-2/h5-9,12-14,16,21,25H,4,10-11,15H2,1-3H3;1-2H3;1-2H3/b17-14+,20-12+,22-13+,23-16-;;. The monoisotopic (exact) mass is 412 g/mol. The van der Waals surface area contributed by atoms with Crippen LogP contribution < -0.4 is 0 Å². The Kier molecular flexibility index (Phi) is 15.1. The Labute approximate surface area is 183 Å². The van der Waals surface area contributed by atoms with Gasteiger partial charge in [-0.1, -0.05) is 74.9 Å². The van der Waals surface area contributed by atoms with Crippen molar-refractivity contribution in [1.29, 1.82) is 0 Å². The third kappa shape index (κ3) is 11.0.